The van der Waals surface area contributed by atoms with Crippen LogP contribution >= 0.6 is 15.9 Å². The molecule has 2 aromatic carbocycles. The number of hydrogen-bond acceptors (Lipinski definition) is 2. The predicted molar refractivity (Wildman–Crippen MR) is 104 cm³/mol. The summed E-state index contributed by atoms with van der Waals surface area (Å²) in [7, 11) is 0. The van der Waals surface area contributed by atoms with Gasteiger partial charge in [-0.2, -0.15) is 0 Å². The van der Waals surface area contributed by atoms with Crippen molar-refractivity contribution in [1.29, 1.82) is 0 Å². The zero-order valence-electron chi connectivity index (χ0n) is 14.5. The highest BCUT2D eigenvalue weighted by Crippen LogP contribution is 2.37. The van der Waals surface area contributed by atoms with Crippen molar-refractivity contribution >= 4 is 27.5 Å². The van der Waals surface area contributed by atoms with Gasteiger partial charge in [0.2, 0.25) is 0 Å². The van der Waals surface area contributed by atoms with Gasteiger partial charge in [-0.25, -0.2) is 0 Å². The maximum atomic E-state index is 12.9. The van der Waals surface area contributed by atoms with Gasteiger partial charge >= 0.3 is 0 Å². The Kier molecular flexibility index (Phi) is 5.85. The zero-order valence-corrected chi connectivity index (χ0v) is 16.1. The lowest BCUT2D eigenvalue weighted by atomic mass is 9.73. The summed E-state index contributed by atoms with van der Waals surface area (Å²) in [4.78, 5) is 25.4. The fraction of sp³-hybridized carbons (Fsp3) is 0.364. The van der Waals surface area contributed by atoms with Crippen LogP contribution in [0.25, 0.3) is 0 Å². The Morgan fingerprint density at radius 1 is 1.16 bits per heavy atom. The first-order valence-corrected chi connectivity index (χ1v) is 9.72. The molecule has 0 aromatic heterocycles. The van der Waals surface area contributed by atoms with Gasteiger partial charge in [-0.1, -0.05) is 64.3 Å². The highest BCUT2D eigenvalue weighted by atomic mass is 79.9. The summed E-state index contributed by atoms with van der Waals surface area (Å²) in [6.07, 6.45) is 3.98. The van der Waals surface area contributed by atoms with Crippen molar-refractivity contribution in [2.45, 2.75) is 44.9 Å². The maximum absolute atomic E-state index is 12.9. The van der Waals surface area contributed by atoms with E-state index < -0.39 is 0 Å². The van der Waals surface area contributed by atoms with Gasteiger partial charge in [-0.3, -0.25) is 9.59 Å². The quantitative estimate of drug-likeness (QED) is 0.589. The van der Waals surface area contributed by atoms with E-state index in [1.165, 1.54) is 5.56 Å². The number of rotatable bonds is 5. The van der Waals surface area contributed by atoms with Crippen molar-refractivity contribution < 1.29 is 9.59 Å². The SMILES string of the molecule is Cc1ccc([C@@H](CC(=O)c2cccc(Br)c2)[C@@H]2CCCCC2=O)cc1. The largest absolute Gasteiger partial charge is 0.299 e. The molecule has 0 bridgehead atoms. The lowest BCUT2D eigenvalue weighted by Gasteiger charge is -2.29. The van der Waals surface area contributed by atoms with Crippen LogP contribution in [0.5, 0.6) is 0 Å². The summed E-state index contributed by atoms with van der Waals surface area (Å²) in [6.45, 7) is 2.05. The summed E-state index contributed by atoms with van der Waals surface area (Å²) in [5.74, 6) is 0.358. The molecule has 1 saturated carbocycles. The average molecular weight is 399 g/mol. The van der Waals surface area contributed by atoms with Crippen LogP contribution < -0.4 is 0 Å². The molecule has 2 nitrogen and oxygen atoms in total. The third-order valence-corrected chi connectivity index (χ3v) is 5.64. The van der Waals surface area contributed by atoms with Crippen molar-refractivity contribution in [2.24, 2.45) is 5.92 Å². The number of ketones is 2. The number of halogens is 1. The van der Waals surface area contributed by atoms with Crippen molar-refractivity contribution in [3.8, 4) is 0 Å². The topological polar surface area (TPSA) is 34.1 Å². The molecule has 2 aromatic rings. The van der Waals surface area contributed by atoms with Gasteiger partial charge in [0.05, 0.1) is 0 Å². The summed E-state index contributed by atoms with van der Waals surface area (Å²) in [5.41, 5.74) is 3.00. The normalized spacial score (nSPS) is 18.8. The molecular formula is C22H23BrO2. The summed E-state index contributed by atoms with van der Waals surface area (Å²) < 4.78 is 0.902. The molecule has 0 N–H and O–H groups in total. The van der Waals surface area contributed by atoms with Crippen molar-refractivity contribution in [3.63, 3.8) is 0 Å². The van der Waals surface area contributed by atoms with Gasteiger partial charge in [0.1, 0.15) is 5.78 Å². The van der Waals surface area contributed by atoms with Crippen LogP contribution in [0, 0.1) is 12.8 Å². The number of benzene rings is 2. The molecule has 3 heteroatoms. The molecule has 3 rings (SSSR count). The molecule has 0 amide bonds. The number of Topliss-reactive ketones (excluding diaryl/α,β-unsaturated/α-hetero) is 2. The molecular weight excluding hydrogens is 376 g/mol. The van der Waals surface area contributed by atoms with Crippen molar-refractivity contribution in [2.75, 3.05) is 0 Å². The summed E-state index contributed by atoms with van der Waals surface area (Å²) >= 11 is 3.43. The Labute approximate surface area is 157 Å². The Balaban J connectivity index is 1.89. The van der Waals surface area contributed by atoms with Crippen LogP contribution in [0.1, 0.15) is 59.5 Å². The Hall–Kier alpha value is -1.74. The smallest absolute Gasteiger partial charge is 0.163 e. The fourth-order valence-corrected chi connectivity index (χ4v) is 4.12. The monoisotopic (exact) mass is 398 g/mol. The lowest BCUT2D eigenvalue weighted by molar-refractivity contribution is -0.125. The second kappa shape index (κ2) is 8.09. The van der Waals surface area contributed by atoms with Gasteiger partial charge in [-0.05, 0) is 37.5 Å². The molecule has 0 spiro atoms. The minimum Gasteiger partial charge on any atom is -0.299 e. The second-order valence-corrected chi connectivity index (χ2v) is 7.89. The van der Waals surface area contributed by atoms with Gasteiger partial charge in [-0.15, -0.1) is 0 Å². The van der Waals surface area contributed by atoms with Gasteiger partial charge in [0.25, 0.3) is 0 Å². The van der Waals surface area contributed by atoms with E-state index in [1.54, 1.807) is 0 Å². The Morgan fingerprint density at radius 3 is 2.60 bits per heavy atom. The van der Waals surface area contributed by atoms with E-state index in [4.69, 9.17) is 0 Å². The number of hydrogen-bond donors (Lipinski definition) is 0. The molecule has 130 valence electrons. The second-order valence-electron chi connectivity index (χ2n) is 6.97. The summed E-state index contributed by atoms with van der Waals surface area (Å²) in [6, 6.07) is 15.8. The maximum Gasteiger partial charge on any atom is 0.163 e. The first kappa shape index (κ1) is 18.1. The molecule has 1 aliphatic rings. The number of carbonyl (C=O) groups is 2. The summed E-state index contributed by atoms with van der Waals surface area (Å²) in [5, 5.41) is 0. The first-order chi connectivity index (χ1) is 12.0. The van der Waals surface area contributed by atoms with E-state index in [1.807, 2.05) is 24.3 Å². The Morgan fingerprint density at radius 2 is 1.92 bits per heavy atom. The van der Waals surface area contributed by atoms with E-state index in [2.05, 4.69) is 47.1 Å². The van der Waals surface area contributed by atoms with Crippen molar-refractivity contribution in [3.05, 3.63) is 69.7 Å². The molecule has 0 radical (unpaired) electrons. The van der Waals surface area contributed by atoms with Crippen LogP contribution in [-0.4, -0.2) is 11.6 Å². The van der Waals surface area contributed by atoms with E-state index in [0.29, 0.717) is 24.2 Å². The molecule has 25 heavy (non-hydrogen) atoms. The minimum atomic E-state index is -0.0347. The molecule has 2 atom stereocenters. The Bertz CT molecular complexity index is 764. The highest BCUT2D eigenvalue weighted by Gasteiger charge is 2.32. The zero-order chi connectivity index (χ0) is 17.8. The van der Waals surface area contributed by atoms with Crippen LogP contribution in [0.3, 0.4) is 0 Å². The average Bonchev–Trinajstić information content (AvgIpc) is 2.61. The van der Waals surface area contributed by atoms with E-state index in [0.717, 1.165) is 29.3 Å². The molecule has 0 saturated heterocycles. The van der Waals surface area contributed by atoms with Crippen LogP contribution in [0.15, 0.2) is 53.0 Å². The van der Waals surface area contributed by atoms with Crippen LogP contribution in [0.2, 0.25) is 0 Å². The van der Waals surface area contributed by atoms with Gasteiger partial charge in [0.15, 0.2) is 5.78 Å². The van der Waals surface area contributed by atoms with Gasteiger partial charge < -0.3 is 0 Å². The van der Waals surface area contributed by atoms with E-state index >= 15 is 0 Å². The van der Waals surface area contributed by atoms with Crippen molar-refractivity contribution in [1.82, 2.24) is 0 Å². The third kappa shape index (κ3) is 4.46. The lowest BCUT2D eigenvalue weighted by Crippen LogP contribution is -2.27. The molecule has 1 aliphatic carbocycles. The molecule has 0 unspecified atom stereocenters. The minimum absolute atomic E-state index is 0.0279. The fourth-order valence-electron chi connectivity index (χ4n) is 3.72. The molecule has 0 heterocycles. The molecule has 1 fully saturated rings. The highest BCUT2D eigenvalue weighted by molar-refractivity contribution is 9.10. The van der Waals surface area contributed by atoms with E-state index in [9.17, 15) is 9.59 Å². The van der Waals surface area contributed by atoms with Crippen LogP contribution in [0.4, 0.5) is 0 Å². The standard InChI is InChI=1S/C22H23BrO2/c1-15-9-11-16(12-10-15)20(19-7-2-3-8-21(19)24)14-22(25)17-5-4-6-18(23)13-17/h4-6,9-13,19-20H,2-3,7-8,14H2,1H3/t19-,20+/m0/s1. The third-order valence-electron chi connectivity index (χ3n) is 5.14. The number of carbonyl (C=O) groups excluding carboxylic acids is 2. The van der Waals surface area contributed by atoms with Crippen LogP contribution in [-0.2, 0) is 4.79 Å². The number of aryl methyl sites for hydroxylation is 1. The predicted octanol–water partition coefficient (Wildman–Crippen LogP) is 5.87. The van der Waals surface area contributed by atoms with E-state index in [-0.39, 0.29) is 17.6 Å². The first-order valence-electron chi connectivity index (χ1n) is 8.92. The molecule has 0 aliphatic heterocycles. The van der Waals surface area contributed by atoms with Gasteiger partial charge in [0, 0.05) is 34.7 Å².